The smallest absolute Gasteiger partial charge is 0.243 e. The first-order valence-corrected chi connectivity index (χ1v) is 10.6. The van der Waals surface area contributed by atoms with E-state index in [4.69, 9.17) is 10.5 Å². The fourth-order valence-corrected chi connectivity index (χ4v) is 4.44. The molecule has 1 saturated heterocycles. The van der Waals surface area contributed by atoms with Crippen molar-refractivity contribution in [2.45, 2.75) is 18.2 Å². The van der Waals surface area contributed by atoms with Crippen LogP contribution in [0.1, 0.15) is 12.0 Å². The molecule has 0 spiro atoms. The molecule has 3 rings (SSSR count). The second kappa shape index (κ2) is 8.62. The van der Waals surface area contributed by atoms with Crippen LogP contribution in [0, 0.1) is 6.92 Å². The van der Waals surface area contributed by atoms with Crippen LogP contribution in [0.25, 0.3) is 0 Å². The Balaban J connectivity index is 1.48. The number of anilines is 1. The van der Waals surface area contributed by atoms with Gasteiger partial charge in [0.25, 0.3) is 0 Å². The summed E-state index contributed by atoms with van der Waals surface area (Å²) in [6.45, 7) is 3.59. The van der Waals surface area contributed by atoms with Gasteiger partial charge in [0.15, 0.2) is 0 Å². The first kappa shape index (κ1) is 20.2. The second-order valence-electron chi connectivity index (χ2n) is 6.77. The Morgan fingerprint density at radius 2 is 1.61 bits per heavy atom. The summed E-state index contributed by atoms with van der Waals surface area (Å²) in [7, 11) is -3.57. The van der Waals surface area contributed by atoms with Crippen LogP contribution >= 0.6 is 0 Å². The van der Waals surface area contributed by atoms with Gasteiger partial charge >= 0.3 is 0 Å². The van der Waals surface area contributed by atoms with Gasteiger partial charge in [-0.25, -0.2) is 8.42 Å². The van der Waals surface area contributed by atoms with Gasteiger partial charge in [-0.2, -0.15) is 4.31 Å². The molecule has 1 fully saturated rings. The van der Waals surface area contributed by atoms with Crippen LogP contribution in [0.3, 0.4) is 0 Å². The molecule has 1 amide bonds. The van der Waals surface area contributed by atoms with E-state index in [1.165, 1.54) is 16.4 Å². The summed E-state index contributed by atoms with van der Waals surface area (Å²) in [5.74, 6) is 0.703. The van der Waals surface area contributed by atoms with E-state index < -0.39 is 10.0 Å². The Bertz CT molecular complexity index is 903. The van der Waals surface area contributed by atoms with E-state index in [1.807, 2.05) is 31.2 Å². The van der Waals surface area contributed by atoms with Crippen LogP contribution < -0.4 is 10.5 Å². The van der Waals surface area contributed by atoms with Crippen molar-refractivity contribution < 1.29 is 17.9 Å². The molecule has 0 saturated carbocycles. The van der Waals surface area contributed by atoms with Crippen molar-refractivity contribution in [2.75, 3.05) is 38.5 Å². The van der Waals surface area contributed by atoms with Gasteiger partial charge in [0.1, 0.15) is 5.75 Å². The Labute approximate surface area is 165 Å². The first-order chi connectivity index (χ1) is 13.4. The SMILES string of the molecule is Cc1ccc(OCCC(=O)N2CCN(S(=O)(=O)c3ccc(N)cc3)CC2)cc1. The van der Waals surface area contributed by atoms with Crippen molar-refractivity contribution in [3.63, 3.8) is 0 Å². The monoisotopic (exact) mass is 403 g/mol. The van der Waals surface area contributed by atoms with Gasteiger partial charge in [-0.1, -0.05) is 17.7 Å². The average molecular weight is 404 g/mol. The molecule has 0 aromatic heterocycles. The topological polar surface area (TPSA) is 92.9 Å². The number of aryl methyl sites for hydroxylation is 1. The molecular formula is C20H25N3O4S. The van der Waals surface area contributed by atoms with Gasteiger partial charge in [-0.3, -0.25) is 4.79 Å². The highest BCUT2D eigenvalue weighted by Gasteiger charge is 2.29. The molecule has 8 heteroatoms. The number of benzene rings is 2. The molecule has 7 nitrogen and oxygen atoms in total. The minimum absolute atomic E-state index is 0.0309. The van der Waals surface area contributed by atoms with Gasteiger partial charge in [-0.05, 0) is 43.3 Å². The third-order valence-corrected chi connectivity index (χ3v) is 6.63. The summed E-state index contributed by atoms with van der Waals surface area (Å²) in [5, 5.41) is 0. The zero-order chi connectivity index (χ0) is 20.1. The van der Waals surface area contributed by atoms with Gasteiger partial charge in [0, 0.05) is 31.9 Å². The van der Waals surface area contributed by atoms with Crippen LogP contribution in [0.2, 0.25) is 0 Å². The van der Waals surface area contributed by atoms with E-state index in [0.29, 0.717) is 25.4 Å². The lowest BCUT2D eigenvalue weighted by Crippen LogP contribution is -2.50. The third-order valence-electron chi connectivity index (χ3n) is 4.71. The summed E-state index contributed by atoms with van der Waals surface area (Å²) in [6, 6.07) is 13.8. The molecule has 150 valence electrons. The maximum atomic E-state index is 12.7. The number of nitrogens with zero attached hydrogens (tertiary/aromatic N) is 2. The molecule has 0 unspecified atom stereocenters. The van der Waals surface area contributed by atoms with Crippen LogP contribution in [-0.2, 0) is 14.8 Å². The highest BCUT2D eigenvalue weighted by atomic mass is 32.2. The predicted octanol–water partition coefficient (Wildman–Crippen LogP) is 1.88. The molecule has 1 aliphatic rings. The number of carbonyl (C=O) groups is 1. The molecule has 0 aliphatic carbocycles. The molecule has 0 radical (unpaired) electrons. The van der Waals surface area contributed by atoms with Gasteiger partial charge < -0.3 is 15.4 Å². The van der Waals surface area contributed by atoms with E-state index in [0.717, 1.165) is 11.3 Å². The van der Waals surface area contributed by atoms with E-state index in [1.54, 1.807) is 17.0 Å². The maximum absolute atomic E-state index is 12.7. The number of amides is 1. The van der Waals surface area contributed by atoms with Gasteiger partial charge in [0.05, 0.1) is 17.9 Å². The highest BCUT2D eigenvalue weighted by molar-refractivity contribution is 7.89. The minimum Gasteiger partial charge on any atom is -0.493 e. The summed E-state index contributed by atoms with van der Waals surface area (Å²) in [5.41, 5.74) is 7.29. The van der Waals surface area contributed by atoms with Crippen molar-refractivity contribution >= 4 is 21.6 Å². The molecule has 1 aliphatic heterocycles. The highest BCUT2D eigenvalue weighted by Crippen LogP contribution is 2.19. The predicted molar refractivity (Wildman–Crippen MR) is 107 cm³/mol. The molecule has 2 aromatic carbocycles. The van der Waals surface area contributed by atoms with Crippen molar-refractivity contribution in [3.8, 4) is 5.75 Å². The quantitative estimate of drug-likeness (QED) is 0.744. The third kappa shape index (κ3) is 4.82. The number of nitrogen functional groups attached to an aromatic ring is 1. The zero-order valence-electron chi connectivity index (χ0n) is 15.9. The van der Waals surface area contributed by atoms with E-state index >= 15 is 0 Å². The number of rotatable bonds is 6. The fourth-order valence-electron chi connectivity index (χ4n) is 3.02. The number of hydrogen-bond donors (Lipinski definition) is 1. The lowest BCUT2D eigenvalue weighted by atomic mass is 10.2. The number of sulfonamides is 1. The van der Waals surface area contributed by atoms with Crippen LogP contribution in [-0.4, -0.2) is 56.3 Å². The Morgan fingerprint density at radius 1 is 1.00 bits per heavy atom. The van der Waals surface area contributed by atoms with Crippen LogP contribution in [0.5, 0.6) is 5.75 Å². The lowest BCUT2D eigenvalue weighted by Gasteiger charge is -2.34. The maximum Gasteiger partial charge on any atom is 0.243 e. The molecular weight excluding hydrogens is 378 g/mol. The normalized spacial score (nSPS) is 15.4. The summed E-state index contributed by atoms with van der Waals surface area (Å²) in [6.07, 6.45) is 0.262. The molecule has 1 heterocycles. The van der Waals surface area contributed by atoms with Crippen molar-refractivity contribution in [1.82, 2.24) is 9.21 Å². The van der Waals surface area contributed by atoms with E-state index in [-0.39, 0.29) is 30.3 Å². The number of piperazine rings is 1. The van der Waals surface area contributed by atoms with Crippen molar-refractivity contribution in [2.24, 2.45) is 0 Å². The Hall–Kier alpha value is -2.58. The molecule has 28 heavy (non-hydrogen) atoms. The Kier molecular flexibility index (Phi) is 6.21. The molecule has 0 bridgehead atoms. The zero-order valence-corrected chi connectivity index (χ0v) is 16.7. The lowest BCUT2D eigenvalue weighted by molar-refractivity contribution is -0.132. The van der Waals surface area contributed by atoms with Crippen LogP contribution in [0.15, 0.2) is 53.4 Å². The summed E-state index contributed by atoms with van der Waals surface area (Å²) in [4.78, 5) is 14.3. The average Bonchev–Trinajstić information content (AvgIpc) is 2.70. The fraction of sp³-hybridized carbons (Fsp3) is 0.350. The molecule has 2 N–H and O–H groups in total. The van der Waals surface area contributed by atoms with E-state index in [9.17, 15) is 13.2 Å². The largest absolute Gasteiger partial charge is 0.493 e. The van der Waals surface area contributed by atoms with Crippen molar-refractivity contribution in [3.05, 3.63) is 54.1 Å². The summed E-state index contributed by atoms with van der Waals surface area (Å²) < 4.78 is 32.4. The summed E-state index contributed by atoms with van der Waals surface area (Å²) >= 11 is 0. The number of ether oxygens (including phenoxy) is 1. The number of carbonyl (C=O) groups excluding carboxylic acids is 1. The Morgan fingerprint density at radius 3 is 2.21 bits per heavy atom. The number of hydrogen-bond acceptors (Lipinski definition) is 5. The van der Waals surface area contributed by atoms with E-state index in [2.05, 4.69) is 0 Å². The van der Waals surface area contributed by atoms with Gasteiger partial charge in [-0.15, -0.1) is 0 Å². The standard InChI is InChI=1S/C20H25N3O4S/c1-16-2-6-18(7-3-16)27-15-10-20(24)22-11-13-23(14-12-22)28(25,26)19-8-4-17(21)5-9-19/h2-9H,10-15,21H2,1H3. The van der Waals surface area contributed by atoms with Crippen LogP contribution in [0.4, 0.5) is 5.69 Å². The minimum atomic E-state index is -3.57. The molecule has 0 atom stereocenters. The molecule has 2 aromatic rings. The van der Waals surface area contributed by atoms with Crippen molar-refractivity contribution in [1.29, 1.82) is 0 Å². The number of nitrogens with two attached hydrogens (primary N) is 1. The van der Waals surface area contributed by atoms with Gasteiger partial charge in [0.2, 0.25) is 15.9 Å². The second-order valence-corrected chi connectivity index (χ2v) is 8.70. The first-order valence-electron chi connectivity index (χ1n) is 9.19.